The average Bonchev–Trinajstić information content (AvgIpc) is 2.53. The summed E-state index contributed by atoms with van der Waals surface area (Å²) < 4.78 is 5.99. The first-order valence-corrected chi connectivity index (χ1v) is 8.36. The van der Waals surface area contributed by atoms with Crippen LogP contribution in [0.4, 0.5) is 5.69 Å². The van der Waals surface area contributed by atoms with E-state index in [2.05, 4.69) is 22.0 Å². The summed E-state index contributed by atoms with van der Waals surface area (Å²) in [7, 11) is 1.61. The number of hydrogen-bond donors (Lipinski definition) is 0. The first kappa shape index (κ1) is 14.5. The fourth-order valence-corrected chi connectivity index (χ4v) is 3.87. The molecule has 0 fully saturated rings. The molecule has 0 saturated carbocycles. The summed E-state index contributed by atoms with van der Waals surface area (Å²) in [5.74, 6) is 1.66. The van der Waals surface area contributed by atoms with E-state index >= 15 is 0 Å². The third-order valence-corrected chi connectivity index (χ3v) is 5.04. The highest BCUT2D eigenvalue weighted by atomic mass is 79.9. The molecule has 108 valence electrons. The molecule has 0 aliphatic carbocycles. The number of methoxy groups -OCH3 is 1. The highest BCUT2D eigenvalue weighted by molar-refractivity contribution is 9.10. The van der Waals surface area contributed by atoms with E-state index in [1.165, 1.54) is 0 Å². The van der Waals surface area contributed by atoms with Gasteiger partial charge in [-0.2, -0.15) is 0 Å². The molecule has 5 heteroatoms. The minimum Gasteiger partial charge on any atom is -0.496 e. The van der Waals surface area contributed by atoms with Gasteiger partial charge in [-0.05, 0) is 46.3 Å². The zero-order valence-electron chi connectivity index (χ0n) is 11.5. The number of benzene rings is 2. The molecule has 1 aliphatic heterocycles. The third-order valence-electron chi connectivity index (χ3n) is 3.37. The van der Waals surface area contributed by atoms with E-state index in [9.17, 15) is 4.79 Å². The van der Waals surface area contributed by atoms with Crippen LogP contribution in [0.3, 0.4) is 0 Å². The minimum atomic E-state index is 0.0195. The van der Waals surface area contributed by atoms with Crippen LogP contribution < -0.4 is 9.64 Å². The Morgan fingerprint density at radius 2 is 2.10 bits per heavy atom. The summed E-state index contributed by atoms with van der Waals surface area (Å²) in [6.07, 6.45) is 0. The number of hydrogen-bond acceptors (Lipinski definition) is 3. The van der Waals surface area contributed by atoms with Gasteiger partial charge in [0.2, 0.25) is 0 Å². The van der Waals surface area contributed by atoms with E-state index in [4.69, 9.17) is 4.74 Å². The fourth-order valence-electron chi connectivity index (χ4n) is 2.34. The van der Waals surface area contributed by atoms with Crippen LogP contribution in [0.1, 0.15) is 10.4 Å². The van der Waals surface area contributed by atoms with Crippen molar-refractivity contribution in [1.29, 1.82) is 0 Å². The van der Waals surface area contributed by atoms with Crippen LogP contribution in [-0.4, -0.2) is 25.3 Å². The number of halogens is 1. The van der Waals surface area contributed by atoms with Gasteiger partial charge >= 0.3 is 0 Å². The number of rotatable bonds is 2. The zero-order valence-corrected chi connectivity index (χ0v) is 13.9. The molecule has 0 radical (unpaired) electrons. The van der Waals surface area contributed by atoms with Gasteiger partial charge in [-0.3, -0.25) is 4.79 Å². The SMILES string of the molecule is COc1ccc(C(=O)N2CCSc3ccccc32)cc1Br. The highest BCUT2D eigenvalue weighted by Gasteiger charge is 2.24. The lowest BCUT2D eigenvalue weighted by molar-refractivity contribution is 0.0987. The molecule has 1 amide bonds. The van der Waals surface area contributed by atoms with Gasteiger partial charge in [0.15, 0.2) is 0 Å². The Bertz CT molecular complexity index is 690. The molecule has 0 bridgehead atoms. The first-order chi connectivity index (χ1) is 10.2. The summed E-state index contributed by atoms with van der Waals surface area (Å²) in [5.41, 5.74) is 1.65. The molecule has 21 heavy (non-hydrogen) atoms. The Morgan fingerprint density at radius 3 is 2.86 bits per heavy atom. The molecule has 0 saturated heterocycles. The second-order valence-electron chi connectivity index (χ2n) is 4.62. The molecule has 0 atom stereocenters. The Morgan fingerprint density at radius 1 is 1.29 bits per heavy atom. The van der Waals surface area contributed by atoms with Crippen LogP contribution in [0.2, 0.25) is 0 Å². The molecule has 3 nitrogen and oxygen atoms in total. The molecule has 0 N–H and O–H groups in total. The fraction of sp³-hybridized carbons (Fsp3) is 0.188. The minimum absolute atomic E-state index is 0.0195. The Labute approximate surface area is 136 Å². The van der Waals surface area contributed by atoms with E-state index in [1.54, 1.807) is 24.9 Å². The maximum absolute atomic E-state index is 12.8. The topological polar surface area (TPSA) is 29.5 Å². The van der Waals surface area contributed by atoms with Gasteiger partial charge in [-0.15, -0.1) is 11.8 Å². The monoisotopic (exact) mass is 363 g/mol. The van der Waals surface area contributed by atoms with Gasteiger partial charge in [-0.1, -0.05) is 12.1 Å². The van der Waals surface area contributed by atoms with E-state index in [0.717, 1.165) is 33.1 Å². The van der Waals surface area contributed by atoms with Gasteiger partial charge in [0.25, 0.3) is 5.91 Å². The second kappa shape index (κ2) is 6.12. The van der Waals surface area contributed by atoms with E-state index in [1.807, 2.05) is 35.2 Å². The molecular weight excluding hydrogens is 350 g/mol. The van der Waals surface area contributed by atoms with Crippen LogP contribution in [-0.2, 0) is 0 Å². The normalized spacial score (nSPS) is 13.7. The zero-order chi connectivity index (χ0) is 14.8. The van der Waals surface area contributed by atoms with Crippen molar-refractivity contribution in [1.82, 2.24) is 0 Å². The second-order valence-corrected chi connectivity index (χ2v) is 6.61. The van der Waals surface area contributed by atoms with E-state index in [-0.39, 0.29) is 5.91 Å². The van der Waals surface area contributed by atoms with Crippen molar-refractivity contribution in [3.8, 4) is 5.75 Å². The van der Waals surface area contributed by atoms with Gasteiger partial charge in [0.05, 0.1) is 17.3 Å². The standard InChI is InChI=1S/C16H14BrNO2S/c1-20-14-7-6-11(10-12(14)17)16(19)18-8-9-21-15-5-3-2-4-13(15)18/h2-7,10H,8-9H2,1H3. The van der Waals surface area contributed by atoms with Crippen molar-refractivity contribution >= 4 is 39.3 Å². The van der Waals surface area contributed by atoms with Crippen molar-refractivity contribution in [3.05, 3.63) is 52.5 Å². The molecule has 2 aromatic carbocycles. The van der Waals surface area contributed by atoms with E-state index in [0.29, 0.717) is 5.56 Å². The predicted molar refractivity (Wildman–Crippen MR) is 89.5 cm³/mol. The molecule has 0 aromatic heterocycles. The lowest BCUT2D eigenvalue weighted by Crippen LogP contribution is -2.35. The number of para-hydroxylation sites is 1. The van der Waals surface area contributed by atoms with Crippen LogP contribution in [0.25, 0.3) is 0 Å². The van der Waals surface area contributed by atoms with Crippen molar-refractivity contribution < 1.29 is 9.53 Å². The van der Waals surface area contributed by atoms with Crippen LogP contribution in [0, 0.1) is 0 Å². The Balaban J connectivity index is 1.95. The van der Waals surface area contributed by atoms with Crippen molar-refractivity contribution in [2.45, 2.75) is 4.90 Å². The van der Waals surface area contributed by atoms with Gasteiger partial charge < -0.3 is 9.64 Å². The van der Waals surface area contributed by atoms with Crippen molar-refractivity contribution in [2.24, 2.45) is 0 Å². The maximum atomic E-state index is 12.8. The summed E-state index contributed by atoms with van der Waals surface area (Å²) >= 11 is 5.22. The lowest BCUT2D eigenvalue weighted by Gasteiger charge is -2.29. The molecule has 1 heterocycles. The number of amides is 1. The lowest BCUT2D eigenvalue weighted by atomic mass is 10.1. The summed E-state index contributed by atoms with van der Waals surface area (Å²) in [6.45, 7) is 0.726. The van der Waals surface area contributed by atoms with Crippen LogP contribution >= 0.6 is 27.7 Å². The number of thioether (sulfide) groups is 1. The first-order valence-electron chi connectivity index (χ1n) is 6.58. The predicted octanol–water partition coefficient (Wildman–Crippen LogP) is 4.21. The summed E-state index contributed by atoms with van der Waals surface area (Å²) in [5, 5.41) is 0. The van der Waals surface area contributed by atoms with Crippen LogP contribution in [0.5, 0.6) is 5.75 Å². The number of carbonyl (C=O) groups is 1. The molecule has 0 spiro atoms. The van der Waals surface area contributed by atoms with Gasteiger partial charge in [0.1, 0.15) is 5.75 Å². The Hall–Kier alpha value is -1.46. The average molecular weight is 364 g/mol. The third kappa shape index (κ3) is 2.80. The van der Waals surface area contributed by atoms with Gasteiger partial charge in [-0.25, -0.2) is 0 Å². The molecule has 0 unspecified atom stereocenters. The molecule has 1 aliphatic rings. The quantitative estimate of drug-likeness (QED) is 0.800. The summed E-state index contributed by atoms with van der Waals surface area (Å²) in [6, 6.07) is 13.4. The number of fused-ring (bicyclic) bond motifs is 1. The highest BCUT2D eigenvalue weighted by Crippen LogP contribution is 2.35. The number of nitrogens with zero attached hydrogens (tertiary/aromatic N) is 1. The Kier molecular flexibility index (Phi) is 4.22. The smallest absolute Gasteiger partial charge is 0.258 e. The molecule has 3 rings (SSSR count). The van der Waals surface area contributed by atoms with Crippen molar-refractivity contribution in [3.63, 3.8) is 0 Å². The maximum Gasteiger partial charge on any atom is 0.258 e. The molecular formula is C16H14BrNO2S. The largest absolute Gasteiger partial charge is 0.496 e. The number of ether oxygens (including phenoxy) is 1. The van der Waals surface area contributed by atoms with Crippen LogP contribution in [0.15, 0.2) is 51.8 Å². The number of anilines is 1. The van der Waals surface area contributed by atoms with Crippen molar-refractivity contribution in [2.75, 3.05) is 24.3 Å². The summed E-state index contributed by atoms with van der Waals surface area (Å²) in [4.78, 5) is 15.8. The molecule has 2 aromatic rings. The van der Waals surface area contributed by atoms with E-state index < -0.39 is 0 Å². The number of carbonyl (C=O) groups excluding carboxylic acids is 1. The van der Waals surface area contributed by atoms with Gasteiger partial charge in [0, 0.05) is 22.8 Å².